The zero-order chi connectivity index (χ0) is 18.0. The molecular formula is C17H32N2O4S. The molecule has 2 aliphatic rings. The molecule has 0 bridgehead atoms. The minimum absolute atomic E-state index is 0.190. The van der Waals surface area contributed by atoms with Gasteiger partial charge in [0.1, 0.15) is 5.60 Å². The molecule has 0 radical (unpaired) electrons. The number of hydrogen-bond acceptors (Lipinski definition) is 4. The van der Waals surface area contributed by atoms with Crippen LogP contribution in [0.15, 0.2) is 0 Å². The van der Waals surface area contributed by atoms with Gasteiger partial charge in [-0.25, -0.2) is 17.5 Å². The van der Waals surface area contributed by atoms with Gasteiger partial charge < -0.3 is 9.64 Å². The van der Waals surface area contributed by atoms with Gasteiger partial charge in [0.2, 0.25) is 10.0 Å². The summed E-state index contributed by atoms with van der Waals surface area (Å²) in [4.78, 5) is 13.8. The van der Waals surface area contributed by atoms with Crippen LogP contribution in [0.2, 0.25) is 0 Å². The molecule has 0 N–H and O–H groups in total. The van der Waals surface area contributed by atoms with Crippen molar-refractivity contribution >= 4 is 16.1 Å². The smallest absolute Gasteiger partial charge is 0.410 e. The number of rotatable bonds is 4. The maximum Gasteiger partial charge on any atom is 0.410 e. The first-order valence-corrected chi connectivity index (χ1v) is 10.5. The molecule has 2 rings (SSSR count). The lowest BCUT2D eigenvalue weighted by atomic mass is 9.97. The third-order valence-corrected chi connectivity index (χ3v) is 7.27. The van der Waals surface area contributed by atoms with Gasteiger partial charge in [-0.2, -0.15) is 0 Å². The Kier molecular flexibility index (Phi) is 6.18. The van der Waals surface area contributed by atoms with Crippen LogP contribution in [0.4, 0.5) is 4.79 Å². The third kappa shape index (κ3) is 5.09. The van der Waals surface area contributed by atoms with E-state index >= 15 is 0 Å². The molecule has 0 aromatic carbocycles. The molecule has 1 saturated heterocycles. The topological polar surface area (TPSA) is 66.9 Å². The summed E-state index contributed by atoms with van der Waals surface area (Å²) in [7, 11) is -1.46. The van der Waals surface area contributed by atoms with Crippen molar-refractivity contribution in [3.05, 3.63) is 0 Å². The molecule has 2 fully saturated rings. The van der Waals surface area contributed by atoms with E-state index < -0.39 is 15.6 Å². The summed E-state index contributed by atoms with van der Waals surface area (Å²) in [6, 6.07) is 0. The van der Waals surface area contributed by atoms with Gasteiger partial charge in [-0.1, -0.05) is 12.8 Å². The third-order valence-electron chi connectivity index (χ3n) is 4.94. The van der Waals surface area contributed by atoms with Crippen LogP contribution in [0.1, 0.15) is 59.3 Å². The Morgan fingerprint density at radius 1 is 1.12 bits per heavy atom. The molecular weight excluding hydrogens is 328 g/mol. The highest BCUT2D eigenvalue weighted by Gasteiger charge is 2.34. The molecule has 1 saturated carbocycles. The van der Waals surface area contributed by atoms with E-state index in [1.165, 1.54) is 0 Å². The number of carbonyl (C=O) groups is 1. The minimum atomic E-state index is -3.16. The van der Waals surface area contributed by atoms with Crippen molar-refractivity contribution in [3.8, 4) is 0 Å². The molecule has 0 unspecified atom stereocenters. The fourth-order valence-electron chi connectivity index (χ4n) is 3.53. The minimum Gasteiger partial charge on any atom is -0.444 e. The van der Waals surface area contributed by atoms with Crippen LogP contribution in [-0.2, 0) is 14.8 Å². The molecule has 0 aromatic heterocycles. The van der Waals surface area contributed by atoms with E-state index in [2.05, 4.69) is 0 Å². The Morgan fingerprint density at radius 2 is 1.67 bits per heavy atom. The first-order chi connectivity index (χ1) is 11.1. The van der Waals surface area contributed by atoms with Crippen molar-refractivity contribution in [2.24, 2.45) is 5.92 Å². The highest BCUT2D eigenvalue weighted by molar-refractivity contribution is 7.89. The van der Waals surface area contributed by atoms with E-state index in [9.17, 15) is 13.2 Å². The predicted octanol–water partition coefficient (Wildman–Crippen LogP) is 2.84. The highest BCUT2D eigenvalue weighted by atomic mass is 32.2. The average Bonchev–Trinajstić information content (AvgIpc) is 3.01. The van der Waals surface area contributed by atoms with Gasteiger partial charge in [0.15, 0.2) is 0 Å². The summed E-state index contributed by atoms with van der Waals surface area (Å²) in [6.45, 7) is 7.41. The van der Waals surface area contributed by atoms with Crippen molar-refractivity contribution in [2.45, 2.75) is 70.1 Å². The van der Waals surface area contributed by atoms with E-state index in [0.29, 0.717) is 25.6 Å². The highest BCUT2D eigenvalue weighted by Crippen LogP contribution is 2.28. The lowest BCUT2D eigenvalue weighted by Gasteiger charge is -2.35. The van der Waals surface area contributed by atoms with Crippen LogP contribution in [0.25, 0.3) is 0 Å². The molecule has 24 heavy (non-hydrogen) atoms. The van der Waals surface area contributed by atoms with Crippen molar-refractivity contribution in [1.29, 1.82) is 0 Å². The summed E-state index contributed by atoms with van der Waals surface area (Å²) in [6.07, 6.45) is 5.01. The molecule has 0 aromatic rings. The second-order valence-electron chi connectivity index (χ2n) is 8.14. The van der Waals surface area contributed by atoms with Gasteiger partial charge in [-0.15, -0.1) is 0 Å². The first-order valence-electron chi connectivity index (χ1n) is 9.02. The summed E-state index contributed by atoms with van der Waals surface area (Å²) in [5, 5.41) is -0.190. The number of likely N-dealkylation sites (tertiary alicyclic amines) is 1. The molecule has 1 aliphatic carbocycles. The Hall–Kier alpha value is -0.820. The largest absolute Gasteiger partial charge is 0.444 e. The van der Waals surface area contributed by atoms with Gasteiger partial charge in [-0.3, -0.25) is 0 Å². The number of hydrogen-bond donors (Lipinski definition) is 0. The first kappa shape index (κ1) is 19.5. The SMILES string of the molecule is CN(CC1CCN(C(=O)OC(C)(C)C)CC1)S(=O)(=O)C1CCCC1. The molecule has 0 atom stereocenters. The van der Waals surface area contributed by atoms with Gasteiger partial charge in [0.05, 0.1) is 5.25 Å². The van der Waals surface area contributed by atoms with E-state index in [1.54, 1.807) is 16.3 Å². The summed E-state index contributed by atoms with van der Waals surface area (Å²) < 4.78 is 32.1. The maximum absolute atomic E-state index is 12.6. The predicted molar refractivity (Wildman–Crippen MR) is 94.3 cm³/mol. The molecule has 7 heteroatoms. The fraction of sp³-hybridized carbons (Fsp3) is 0.941. The Bertz CT molecular complexity index is 527. The van der Waals surface area contributed by atoms with Crippen LogP contribution in [0.5, 0.6) is 0 Å². The zero-order valence-electron chi connectivity index (χ0n) is 15.5. The van der Waals surface area contributed by atoms with E-state index in [0.717, 1.165) is 38.5 Å². The maximum atomic E-state index is 12.6. The van der Waals surface area contributed by atoms with Gasteiger partial charge in [0, 0.05) is 26.7 Å². The van der Waals surface area contributed by atoms with E-state index in [1.807, 2.05) is 20.8 Å². The van der Waals surface area contributed by atoms with Gasteiger partial charge in [-0.05, 0) is 52.4 Å². The molecule has 1 aliphatic heterocycles. The van der Waals surface area contributed by atoms with Crippen molar-refractivity contribution in [1.82, 2.24) is 9.21 Å². The Morgan fingerprint density at radius 3 is 2.17 bits per heavy atom. The molecule has 1 amide bonds. The van der Waals surface area contributed by atoms with Crippen LogP contribution < -0.4 is 0 Å². The Labute approximate surface area is 146 Å². The number of piperidine rings is 1. The van der Waals surface area contributed by atoms with Crippen LogP contribution in [0.3, 0.4) is 0 Å². The number of ether oxygens (including phenoxy) is 1. The van der Waals surface area contributed by atoms with Crippen molar-refractivity contribution in [2.75, 3.05) is 26.7 Å². The molecule has 140 valence electrons. The van der Waals surface area contributed by atoms with E-state index in [-0.39, 0.29) is 11.3 Å². The quantitative estimate of drug-likeness (QED) is 0.773. The monoisotopic (exact) mass is 360 g/mol. The van der Waals surface area contributed by atoms with Crippen LogP contribution in [0, 0.1) is 5.92 Å². The number of amides is 1. The van der Waals surface area contributed by atoms with Gasteiger partial charge in [0.25, 0.3) is 0 Å². The average molecular weight is 361 g/mol. The second kappa shape index (κ2) is 7.60. The number of nitrogens with zero attached hydrogens (tertiary/aromatic N) is 2. The van der Waals surface area contributed by atoms with E-state index in [4.69, 9.17) is 4.74 Å². The zero-order valence-corrected chi connectivity index (χ0v) is 16.3. The second-order valence-corrected chi connectivity index (χ2v) is 10.5. The summed E-state index contributed by atoms with van der Waals surface area (Å²) in [5.41, 5.74) is -0.483. The molecule has 6 nitrogen and oxygen atoms in total. The normalized spacial score (nSPS) is 21.5. The fourth-order valence-corrected chi connectivity index (χ4v) is 5.39. The lowest BCUT2D eigenvalue weighted by molar-refractivity contribution is 0.0179. The summed E-state index contributed by atoms with van der Waals surface area (Å²) in [5.74, 6) is 0.310. The molecule has 0 spiro atoms. The van der Waals surface area contributed by atoms with Crippen molar-refractivity contribution in [3.63, 3.8) is 0 Å². The number of sulfonamides is 1. The number of carbonyl (C=O) groups excluding carboxylic acids is 1. The van der Waals surface area contributed by atoms with Crippen LogP contribution in [-0.4, -0.2) is 61.2 Å². The standard InChI is InChI=1S/C17H32N2O4S/c1-17(2,3)23-16(20)19-11-9-14(10-12-19)13-18(4)24(21,22)15-7-5-6-8-15/h14-15H,5-13H2,1-4H3. The molecule has 1 heterocycles. The van der Waals surface area contributed by atoms with Gasteiger partial charge >= 0.3 is 6.09 Å². The van der Waals surface area contributed by atoms with Crippen LogP contribution >= 0.6 is 0 Å². The summed E-state index contributed by atoms with van der Waals surface area (Å²) >= 11 is 0. The van der Waals surface area contributed by atoms with Crippen molar-refractivity contribution < 1.29 is 17.9 Å². The lowest BCUT2D eigenvalue weighted by Crippen LogP contribution is -2.44. The Balaban J connectivity index is 1.81.